The van der Waals surface area contributed by atoms with Crippen LogP contribution >= 0.6 is 0 Å². The summed E-state index contributed by atoms with van der Waals surface area (Å²) in [4.78, 5) is 13.9. The largest absolute Gasteiger partial charge is 0.370 e. The molecule has 1 atom stereocenters. The lowest BCUT2D eigenvalue weighted by atomic mass is 9.88. The van der Waals surface area contributed by atoms with Gasteiger partial charge in [-0.1, -0.05) is 19.9 Å². The number of likely N-dealkylation sites (tertiary alicyclic amines) is 1. The molecule has 0 aromatic heterocycles. The number of carbonyl (C=O) groups is 1. The minimum atomic E-state index is -0.543. The minimum absolute atomic E-state index is 0.0135. The van der Waals surface area contributed by atoms with Gasteiger partial charge in [0.05, 0.1) is 11.7 Å². The summed E-state index contributed by atoms with van der Waals surface area (Å²) in [6, 6.07) is 3.77. The smallest absolute Gasteiger partial charge is 0.222 e. The number of rotatable bonds is 5. The number of hydrogen-bond acceptors (Lipinski definition) is 3. The predicted octanol–water partition coefficient (Wildman–Crippen LogP) is 3.25. The first-order valence-corrected chi connectivity index (χ1v) is 9.49. The van der Waals surface area contributed by atoms with Crippen molar-refractivity contribution in [1.82, 2.24) is 10.2 Å². The van der Waals surface area contributed by atoms with Gasteiger partial charge in [0.1, 0.15) is 11.6 Å². The molecule has 1 spiro atoms. The number of carbonyl (C=O) groups excluding carboxylic acids is 1. The Morgan fingerprint density at radius 1 is 1.31 bits per heavy atom. The molecule has 0 radical (unpaired) electrons. The highest BCUT2D eigenvalue weighted by Crippen LogP contribution is 2.39. The first-order valence-electron chi connectivity index (χ1n) is 9.49. The molecule has 0 bridgehead atoms. The first kappa shape index (κ1) is 19.2. The van der Waals surface area contributed by atoms with Gasteiger partial charge in [0.15, 0.2) is 0 Å². The molecule has 2 heterocycles. The summed E-state index contributed by atoms with van der Waals surface area (Å²) in [5, 5.41) is 2.95. The van der Waals surface area contributed by atoms with Crippen LogP contribution in [-0.2, 0) is 16.1 Å². The van der Waals surface area contributed by atoms with Crippen molar-refractivity contribution >= 4 is 5.91 Å². The Bertz CT molecular complexity index is 643. The zero-order valence-electron chi connectivity index (χ0n) is 15.6. The summed E-state index contributed by atoms with van der Waals surface area (Å²) < 4.78 is 33.1. The van der Waals surface area contributed by atoms with Gasteiger partial charge < -0.3 is 10.1 Å². The molecule has 2 aliphatic heterocycles. The van der Waals surface area contributed by atoms with Crippen molar-refractivity contribution in [2.24, 2.45) is 5.92 Å². The second kappa shape index (κ2) is 8.01. The van der Waals surface area contributed by atoms with E-state index in [1.54, 1.807) is 0 Å². The quantitative estimate of drug-likeness (QED) is 0.870. The lowest BCUT2D eigenvalue weighted by molar-refractivity contribution is -0.125. The second-order valence-electron chi connectivity index (χ2n) is 7.87. The van der Waals surface area contributed by atoms with Crippen molar-refractivity contribution in [2.45, 2.75) is 57.8 Å². The molecule has 1 unspecified atom stereocenters. The van der Waals surface area contributed by atoms with Crippen LogP contribution in [0.1, 0.15) is 45.1 Å². The number of halogens is 2. The van der Waals surface area contributed by atoms with Crippen LogP contribution in [0.25, 0.3) is 0 Å². The molecule has 4 nitrogen and oxygen atoms in total. The number of benzene rings is 1. The maximum Gasteiger partial charge on any atom is 0.222 e. The van der Waals surface area contributed by atoms with Crippen LogP contribution in [0.2, 0.25) is 0 Å². The van der Waals surface area contributed by atoms with Gasteiger partial charge in [0, 0.05) is 43.7 Å². The van der Waals surface area contributed by atoms with E-state index in [-0.39, 0.29) is 23.5 Å². The molecule has 2 fully saturated rings. The summed E-state index contributed by atoms with van der Waals surface area (Å²) in [5.74, 6) is -0.978. The van der Waals surface area contributed by atoms with Crippen molar-refractivity contribution < 1.29 is 18.3 Å². The fourth-order valence-corrected chi connectivity index (χ4v) is 3.84. The molecule has 0 saturated carbocycles. The molecule has 26 heavy (non-hydrogen) atoms. The minimum Gasteiger partial charge on any atom is -0.370 e. The van der Waals surface area contributed by atoms with Gasteiger partial charge in [-0.05, 0) is 31.7 Å². The van der Waals surface area contributed by atoms with E-state index in [0.717, 1.165) is 44.8 Å². The number of hydrogen-bond donors (Lipinski definition) is 1. The van der Waals surface area contributed by atoms with Crippen LogP contribution < -0.4 is 5.32 Å². The van der Waals surface area contributed by atoms with Gasteiger partial charge in [-0.2, -0.15) is 0 Å². The third-order valence-electron chi connectivity index (χ3n) is 5.54. The highest BCUT2D eigenvalue weighted by Gasteiger charge is 2.42. The van der Waals surface area contributed by atoms with Gasteiger partial charge in [-0.15, -0.1) is 0 Å². The molecular weight excluding hydrogens is 338 g/mol. The zero-order valence-corrected chi connectivity index (χ0v) is 15.6. The van der Waals surface area contributed by atoms with E-state index in [4.69, 9.17) is 4.74 Å². The molecule has 1 aromatic carbocycles. The van der Waals surface area contributed by atoms with Crippen LogP contribution in [0.4, 0.5) is 8.78 Å². The van der Waals surface area contributed by atoms with Crippen molar-refractivity contribution in [3.05, 3.63) is 35.4 Å². The lowest BCUT2D eigenvalue weighted by Gasteiger charge is -2.39. The lowest BCUT2D eigenvalue weighted by Crippen LogP contribution is -2.45. The average Bonchev–Trinajstić information content (AvgIpc) is 3.00. The number of piperidine rings is 1. The van der Waals surface area contributed by atoms with E-state index in [0.29, 0.717) is 18.7 Å². The van der Waals surface area contributed by atoms with Crippen molar-refractivity contribution in [3.8, 4) is 0 Å². The number of nitrogens with zero attached hydrogens (tertiary/aromatic N) is 1. The van der Waals surface area contributed by atoms with Crippen LogP contribution in [-0.4, -0.2) is 42.1 Å². The number of nitrogens with one attached hydrogen (secondary N) is 1. The molecule has 1 aromatic rings. The van der Waals surface area contributed by atoms with Gasteiger partial charge in [0.25, 0.3) is 0 Å². The Hall–Kier alpha value is -1.53. The van der Waals surface area contributed by atoms with E-state index in [1.165, 1.54) is 12.1 Å². The van der Waals surface area contributed by atoms with Crippen LogP contribution in [0.15, 0.2) is 18.2 Å². The van der Waals surface area contributed by atoms with E-state index < -0.39 is 11.6 Å². The van der Waals surface area contributed by atoms with E-state index in [1.807, 2.05) is 13.8 Å². The molecule has 6 heteroatoms. The summed E-state index contributed by atoms with van der Waals surface area (Å²) in [7, 11) is 0. The third-order valence-corrected chi connectivity index (χ3v) is 5.54. The summed E-state index contributed by atoms with van der Waals surface area (Å²) in [6.07, 6.45) is 3.87. The predicted molar refractivity (Wildman–Crippen MR) is 95.6 cm³/mol. The highest BCUT2D eigenvalue weighted by atomic mass is 19.1. The molecule has 144 valence electrons. The van der Waals surface area contributed by atoms with Gasteiger partial charge in [-0.25, -0.2) is 8.78 Å². The van der Waals surface area contributed by atoms with E-state index in [2.05, 4.69) is 10.2 Å². The van der Waals surface area contributed by atoms with Crippen LogP contribution in [0.5, 0.6) is 0 Å². The number of ether oxygens (including phenoxy) is 1. The SMILES string of the molecule is CC(C)C(=O)NCC1CCC2(CCN(Cc3ccc(F)cc3F)CC2)O1. The molecule has 1 N–H and O–H groups in total. The van der Waals surface area contributed by atoms with E-state index in [9.17, 15) is 13.6 Å². The maximum absolute atomic E-state index is 13.8. The van der Waals surface area contributed by atoms with E-state index >= 15 is 0 Å². The molecule has 1 amide bonds. The summed E-state index contributed by atoms with van der Waals surface area (Å²) in [5.41, 5.74) is 0.425. The third kappa shape index (κ3) is 4.60. The molecule has 0 aliphatic carbocycles. The molecule has 2 aliphatic rings. The fourth-order valence-electron chi connectivity index (χ4n) is 3.84. The second-order valence-corrected chi connectivity index (χ2v) is 7.87. The summed E-state index contributed by atoms with van der Waals surface area (Å²) >= 11 is 0. The average molecular weight is 366 g/mol. The molecule has 3 rings (SSSR count). The Morgan fingerprint density at radius 2 is 2.04 bits per heavy atom. The molecule has 2 saturated heterocycles. The van der Waals surface area contributed by atoms with Crippen LogP contribution in [0.3, 0.4) is 0 Å². The Kier molecular flexibility index (Phi) is 5.92. The first-order chi connectivity index (χ1) is 12.4. The topological polar surface area (TPSA) is 41.6 Å². The summed E-state index contributed by atoms with van der Waals surface area (Å²) in [6.45, 7) is 6.50. The Balaban J connectivity index is 1.47. The fraction of sp³-hybridized carbons (Fsp3) is 0.650. The van der Waals surface area contributed by atoms with Crippen molar-refractivity contribution in [1.29, 1.82) is 0 Å². The highest BCUT2D eigenvalue weighted by molar-refractivity contribution is 5.77. The van der Waals surface area contributed by atoms with Gasteiger partial charge in [-0.3, -0.25) is 9.69 Å². The standard InChI is InChI=1S/C20H28F2N2O2/c1-14(2)19(25)23-12-17-5-6-20(26-17)7-9-24(10-8-20)13-15-3-4-16(21)11-18(15)22/h3-4,11,14,17H,5-10,12-13H2,1-2H3,(H,23,25). The Labute approximate surface area is 153 Å². The van der Waals surface area contributed by atoms with Gasteiger partial charge >= 0.3 is 0 Å². The van der Waals surface area contributed by atoms with Crippen molar-refractivity contribution in [2.75, 3.05) is 19.6 Å². The zero-order chi connectivity index (χ0) is 18.7. The number of amides is 1. The maximum atomic E-state index is 13.8. The normalized spacial score (nSPS) is 22.9. The molecular formula is C20H28F2N2O2. The van der Waals surface area contributed by atoms with Crippen LogP contribution in [0, 0.1) is 17.6 Å². The van der Waals surface area contributed by atoms with Crippen molar-refractivity contribution in [3.63, 3.8) is 0 Å². The monoisotopic (exact) mass is 366 g/mol. The van der Waals surface area contributed by atoms with Gasteiger partial charge in [0.2, 0.25) is 5.91 Å². The Morgan fingerprint density at radius 3 is 2.69 bits per heavy atom.